The Bertz CT molecular complexity index is 473. The molecule has 0 aliphatic heterocycles. The zero-order chi connectivity index (χ0) is 10.7. The average Bonchev–Trinajstić information content (AvgIpc) is 2.73. The van der Waals surface area contributed by atoms with Crippen molar-refractivity contribution in [1.82, 2.24) is 0 Å². The van der Waals surface area contributed by atoms with Gasteiger partial charge in [-0.2, -0.15) is 11.8 Å². The van der Waals surface area contributed by atoms with Crippen molar-refractivity contribution < 1.29 is 4.79 Å². The molecule has 0 saturated heterocycles. The van der Waals surface area contributed by atoms with Crippen LogP contribution in [-0.2, 0) is 0 Å². The van der Waals surface area contributed by atoms with Crippen molar-refractivity contribution in [2.24, 2.45) is 0 Å². The number of benzene rings is 1. The van der Waals surface area contributed by atoms with Crippen molar-refractivity contribution in [2.45, 2.75) is 6.42 Å². The third kappa shape index (κ3) is 2.24. The van der Waals surface area contributed by atoms with Crippen LogP contribution in [0.15, 0.2) is 29.6 Å². The van der Waals surface area contributed by atoms with Crippen molar-refractivity contribution in [3.8, 4) is 0 Å². The van der Waals surface area contributed by atoms with E-state index in [4.69, 9.17) is 0 Å². The molecule has 3 heteroatoms. The van der Waals surface area contributed by atoms with Crippen LogP contribution in [0.25, 0.3) is 10.1 Å². The Labute approximate surface area is 97.5 Å². The molecule has 1 aromatic carbocycles. The highest BCUT2D eigenvalue weighted by molar-refractivity contribution is 7.98. The fourth-order valence-electron chi connectivity index (χ4n) is 1.54. The summed E-state index contributed by atoms with van der Waals surface area (Å²) in [6, 6.07) is 8.01. The number of fused-ring (bicyclic) bond motifs is 1. The Hall–Kier alpha value is -0.800. The van der Waals surface area contributed by atoms with E-state index in [-0.39, 0.29) is 5.78 Å². The molecule has 0 bridgehead atoms. The monoisotopic (exact) mass is 236 g/mol. The van der Waals surface area contributed by atoms with Crippen LogP contribution in [0.4, 0.5) is 0 Å². The predicted molar refractivity (Wildman–Crippen MR) is 69.2 cm³/mol. The summed E-state index contributed by atoms with van der Waals surface area (Å²) in [6.45, 7) is 0. The molecule has 0 unspecified atom stereocenters. The van der Waals surface area contributed by atoms with Crippen LogP contribution in [0.5, 0.6) is 0 Å². The first kappa shape index (κ1) is 10.7. The molecule has 0 atom stereocenters. The summed E-state index contributed by atoms with van der Waals surface area (Å²) < 4.78 is 1.13. The highest BCUT2D eigenvalue weighted by atomic mass is 32.2. The van der Waals surface area contributed by atoms with Gasteiger partial charge in [0.15, 0.2) is 5.78 Å². The van der Waals surface area contributed by atoms with Gasteiger partial charge in [0.25, 0.3) is 0 Å². The van der Waals surface area contributed by atoms with Gasteiger partial charge < -0.3 is 0 Å². The van der Waals surface area contributed by atoms with Gasteiger partial charge >= 0.3 is 0 Å². The van der Waals surface area contributed by atoms with Crippen molar-refractivity contribution in [1.29, 1.82) is 0 Å². The van der Waals surface area contributed by atoms with Crippen molar-refractivity contribution in [2.75, 3.05) is 12.0 Å². The molecule has 15 heavy (non-hydrogen) atoms. The number of hydrogen-bond acceptors (Lipinski definition) is 3. The number of carbonyl (C=O) groups is 1. The van der Waals surface area contributed by atoms with Gasteiger partial charge in [0.2, 0.25) is 0 Å². The Morgan fingerprint density at radius 1 is 1.40 bits per heavy atom. The lowest BCUT2D eigenvalue weighted by Gasteiger charge is -2.01. The molecule has 0 N–H and O–H groups in total. The number of Topliss-reactive ketones (excluding diaryl/α,β-unsaturated/α-hetero) is 1. The molecule has 1 aromatic heterocycles. The van der Waals surface area contributed by atoms with Crippen LogP contribution >= 0.6 is 23.1 Å². The van der Waals surface area contributed by atoms with Crippen molar-refractivity contribution in [3.05, 3.63) is 35.2 Å². The highest BCUT2D eigenvalue weighted by Crippen LogP contribution is 2.25. The molecule has 1 nitrogen and oxygen atoms in total. The molecule has 78 valence electrons. The molecule has 0 amide bonds. The van der Waals surface area contributed by atoms with Gasteiger partial charge in [0, 0.05) is 22.4 Å². The van der Waals surface area contributed by atoms with Gasteiger partial charge in [0.1, 0.15) is 0 Å². The molecule has 0 spiro atoms. The summed E-state index contributed by atoms with van der Waals surface area (Å²) in [7, 11) is 0. The van der Waals surface area contributed by atoms with E-state index < -0.39 is 0 Å². The first-order valence-electron chi connectivity index (χ1n) is 4.81. The minimum Gasteiger partial charge on any atom is -0.294 e. The maximum Gasteiger partial charge on any atom is 0.165 e. The van der Waals surface area contributed by atoms with E-state index in [0.717, 1.165) is 16.0 Å². The summed E-state index contributed by atoms with van der Waals surface area (Å²) in [6.07, 6.45) is 2.66. The van der Waals surface area contributed by atoms with E-state index in [1.807, 2.05) is 23.8 Å². The lowest BCUT2D eigenvalue weighted by atomic mass is 10.1. The summed E-state index contributed by atoms with van der Waals surface area (Å²) in [5, 5.41) is 3.21. The number of thioether (sulfide) groups is 1. The van der Waals surface area contributed by atoms with Crippen LogP contribution in [0.2, 0.25) is 0 Å². The van der Waals surface area contributed by atoms with Crippen LogP contribution in [0.1, 0.15) is 16.8 Å². The highest BCUT2D eigenvalue weighted by Gasteiger charge is 2.09. The summed E-state index contributed by atoms with van der Waals surface area (Å²) >= 11 is 3.36. The molecule has 2 aromatic rings. The molecular formula is C12H12OS2. The molecule has 1 heterocycles. The fourth-order valence-corrected chi connectivity index (χ4v) is 2.86. The average molecular weight is 236 g/mol. The van der Waals surface area contributed by atoms with Gasteiger partial charge in [-0.25, -0.2) is 0 Å². The Kier molecular flexibility index (Phi) is 3.44. The van der Waals surface area contributed by atoms with E-state index in [2.05, 4.69) is 12.1 Å². The molecule has 0 aliphatic rings. The zero-order valence-electron chi connectivity index (χ0n) is 8.53. The van der Waals surface area contributed by atoms with Crippen molar-refractivity contribution >= 4 is 39.0 Å². The number of rotatable bonds is 4. The summed E-state index contributed by atoms with van der Waals surface area (Å²) in [5.74, 6) is 1.16. The normalized spacial score (nSPS) is 10.7. The van der Waals surface area contributed by atoms with Gasteiger partial charge in [-0.15, -0.1) is 11.3 Å². The fraction of sp³-hybridized carbons (Fsp3) is 0.250. The standard InChI is InChI=1S/C12H12OS2/c1-14-7-6-11(13)10-4-2-3-9-5-8-15-12(9)10/h2-5,8H,6-7H2,1H3. The van der Waals surface area contributed by atoms with Crippen LogP contribution < -0.4 is 0 Å². The van der Waals surface area contributed by atoms with Crippen molar-refractivity contribution in [3.63, 3.8) is 0 Å². The smallest absolute Gasteiger partial charge is 0.165 e. The first-order valence-corrected chi connectivity index (χ1v) is 7.08. The number of carbonyl (C=O) groups excluding carboxylic acids is 1. The van der Waals surface area contributed by atoms with Gasteiger partial charge in [0.05, 0.1) is 0 Å². The second-order valence-corrected chi connectivity index (χ2v) is 5.21. The summed E-state index contributed by atoms with van der Waals surface area (Å²) in [5.41, 5.74) is 0.886. The maximum absolute atomic E-state index is 11.9. The molecule has 2 rings (SSSR count). The van der Waals surface area contributed by atoms with E-state index in [0.29, 0.717) is 6.42 Å². The van der Waals surface area contributed by atoms with Gasteiger partial charge in [-0.1, -0.05) is 12.1 Å². The van der Waals surface area contributed by atoms with Gasteiger partial charge in [-0.3, -0.25) is 4.79 Å². The minimum absolute atomic E-state index is 0.261. The Morgan fingerprint density at radius 3 is 3.07 bits per heavy atom. The third-order valence-corrected chi connectivity index (χ3v) is 3.89. The van der Waals surface area contributed by atoms with E-state index >= 15 is 0 Å². The Morgan fingerprint density at radius 2 is 2.27 bits per heavy atom. The third-order valence-electron chi connectivity index (χ3n) is 2.31. The van der Waals surface area contributed by atoms with E-state index in [1.54, 1.807) is 23.1 Å². The molecule has 0 aliphatic carbocycles. The minimum atomic E-state index is 0.261. The zero-order valence-corrected chi connectivity index (χ0v) is 10.2. The lowest BCUT2D eigenvalue weighted by Crippen LogP contribution is -2.00. The lowest BCUT2D eigenvalue weighted by molar-refractivity contribution is 0.0991. The molecular weight excluding hydrogens is 224 g/mol. The maximum atomic E-state index is 11.9. The van der Waals surface area contributed by atoms with Crippen LogP contribution in [-0.4, -0.2) is 17.8 Å². The molecule has 0 fully saturated rings. The number of thiophene rings is 1. The predicted octanol–water partition coefficient (Wildman–Crippen LogP) is 3.84. The van der Waals surface area contributed by atoms with Crippen LogP contribution in [0.3, 0.4) is 0 Å². The molecule has 0 radical (unpaired) electrons. The Balaban J connectivity index is 2.34. The largest absolute Gasteiger partial charge is 0.294 e. The van der Waals surface area contributed by atoms with Gasteiger partial charge in [-0.05, 0) is 29.2 Å². The second-order valence-electron chi connectivity index (χ2n) is 3.31. The summed E-state index contributed by atoms with van der Waals surface area (Å²) in [4.78, 5) is 11.9. The number of ketones is 1. The van der Waals surface area contributed by atoms with Crippen LogP contribution in [0, 0.1) is 0 Å². The SMILES string of the molecule is CSCCC(=O)c1cccc2ccsc12. The van der Waals surface area contributed by atoms with E-state index in [9.17, 15) is 4.79 Å². The van der Waals surface area contributed by atoms with E-state index in [1.165, 1.54) is 5.39 Å². The topological polar surface area (TPSA) is 17.1 Å². The number of hydrogen-bond donors (Lipinski definition) is 0. The second kappa shape index (κ2) is 4.81. The molecule has 0 saturated carbocycles. The quantitative estimate of drug-likeness (QED) is 0.750. The first-order chi connectivity index (χ1) is 7.33.